The molecule has 2 unspecified atom stereocenters. The van der Waals surface area contributed by atoms with Gasteiger partial charge in [0.2, 0.25) is 0 Å². The molecule has 0 aliphatic rings. The third kappa shape index (κ3) is 4.14. The highest BCUT2D eigenvalue weighted by atomic mass is 79.9. The third-order valence-electron chi connectivity index (χ3n) is 2.17. The fourth-order valence-corrected chi connectivity index (χ4v) is 2.23. The van der Waals surface area contributed by atoms with E-state index in [1.165, 1.54) is 0 Å². The smallest absolute Gasteiger partial charge is 0.252 e. The van der Waals surface area contributed by atoms with Gasteiger partial charge in [0.05, 0.1) is 5.56 Å². The van der Waals surface area contributed by atoms with Crippen LogP contribution in [0.3, 0.4) is 0 Å². The largest absolute Gasteiger partial charge is 0.349 e. The van der Waals surface area contributed by atoms with Crippen molar-refractivity contribution in [3.63, 3.8) is 0 Å². The van der Waals surface area contributed by atoms with Gasteiger partial charge in [-0.3, -0.25) is 4.79 Å². The van der Waals surface area contributed by atoms with E-state index in [1.807, 2.05) is 32.0 Å². The monoisotopic (exact) mass is 303 g/mol. The maximum Gasteiger partial charge on any atom is 0.252 e. The van der Waals surface area contributed by atoms with Gasteiger partial charge in [0.15, 0.2) is 0 Å². The van der Waals surface area contributed by atoms with Crippen LogP contribution < -0.4 is 5.32 Å². The van der Waals surface area contributed by atoms with Crippen LogP contribution in [-0.4, -0.2) is 17.3 Å². The van der Waals surface area contributed by atoms with Crippen LogP contribution in [0.15, 0.2) is 28.7 Å². The first-order valence-electron chi connectivity index (χ1n) is 5.20. The van der Waals surface area contributed by atoms with E-state index in [0.717, 1.165) is 10.9 Å². The fourth-order valence-electron chi connectivity index (χ4n) is 1.49. The molecular weight excluding hydrogens is 289 g/mol. The Kier molecular flexibility index (Phi) is 5.29. The van der Waals surface area contributed by atoms with Gasteiger partial charge in [-0.15, -0.1) is 11.6 Å². The quantitative estimate of drug-likeness (QED) is 0.846. The number of hydrogen-bond donors (Lipinski definition) is 1. The van der Waals surface area contributed by atoms with Crippen molar-refractivity contribution in [3.8, 4) is 0 Å². The fraction of sp³-hybridized carbons (Fsp3) is 0.417. The van der Waals surface area contributed by atoms with Crippen LogP contribution in [0.2, 0.25) is 0 Å². The van der Waals surface area contributed by atoms with Gasteiger partial charge in [-0.25, -0.2) is 0 Å². The highest BCUT2D eigenvalue weighted by molar-refractivity contribution is 9.10. The van der Waals surface area contributed by atoms with Crippen LogP contribution in [-0.2, 0) is 0 Å². The average molecular weight is 305 g/mol. The number of carbonyl (C=O) groups excluding carboxylic acids is 1. The van der Waals surface area contributed by atoms with E-state index < -0.39 is 0 Å². The van der Waals surface area contributed by atoms with Crippen molar-refractivity contribution in [3.05, 3.63) is 34.3 Å². The Hall–Kier alpha value is -0.540. The second-order valence-electron chi connectivity index (χ2n) is 3.87. The molecule has 2 nitrogen and oxygen atoms in total. The second kappa shape index (κ2) is 6.26. The summed E-state index contributed by atoms with van der Waals surface area (Å²) in [5.74, 6) is -0.0720. The predicted molar refractivity (Wildman–Crippen MR) is 71.0 cm³/mol. The van der Waals surface area contributed by atoms with Gasteiger partial charge in [-0.05, 0) is 48.3 Å². The molecule has 0 aromatic heterocycles. The molecule has 1 N–H and O–H groups in total. The second-order valence-corrected chi connectivity index (χ2v) is 5.47. The first-order valence-corrected chi connectivity index (χ1v) is 6.43. The molecule has 1 amide bonds. The number of benzene rings is 1. The molecule has 0 fully saturated rings. The molecule has 4 heteroatoms. The van der Waals surface area contributed by atoms with Crippen LogP contribution in [0.5, 0.6) is 0 Å². The summed E-state index contributed by atoms with van der Waals surface area (Å²) in [6, 6.07) is 7.44. The van der Waals surface area contributed by atoms with Gasteiger partial charge >= 0.3 is 0 Å². The van der Waals surface area contributed by atoms with Crippen molar-refractivity contribution in [1.82, 2.24) is 5.32 Å². The minimum Gasteiger partial charge on any atom is -0.349 e. The van der Waals surface area contributed by atoms with E-state index in [1.54, 1.807) is 6.07 Å². The molecular formula is C12H15BrClNO. The molecule has 0 saturated heterocycles. The Morgan fingerprint density at radius 2 is 2.06 bits per heavy atom. The van der Waals surface area contributed by atoms with Crippen molar-refractivity contribution < 1.29 is 4.79 Å². The number of amides is 1. The lowest BCUT2D eigenvalue weighted by Crippen LogP contribution is -2.34. The molecule has 1 rings (SSSR count). The Balaban J connectivity index is 2.63. The molecule has 0 saturated carbocycles. The average Bonchev–Trinajstić information content (AvgIpc) is 2.16. The van der Waals surface area contributed by atoms with E-state index in [0.29, 0.717) is 5.56 Å². The minimum atomic E-state index is -0.0720. The molecule has 88 valence electrons. The molecule has 2 atom stereocenters. The Labute approximate surface area is 110 Å². The number of halogens is 2. The van der Waals surface area contributed by atoms with E-state index in [9.17, 15) is 4.79 Å². The molecule has 1 aromatic rings. The van der Waals surface area contributed by atoms with Crippen LogP contribution >= 0.6 is 27.5 Å². The first-order chi connectivity index (χ1) is 7.50. The van der Waals surface area contributed by atoms with Crippen molar-refractivity contribution in [2.45, 2.75) is 31.7 Å². The maximum atomic E-state index is 11.9. The van der Waals surface area contributed by atoms with Gasteiger partial charge < -0.3 is 5.32 Å². The number of alkyl halides is 1. The molecule has 16 heavy (non-hydrogen) atoms. The molecule has 0 spiro atoms. The van der Waals surface area contributed by atoms with Crippen molar-refractivity contribution >= 4 is 33.4 Å². The molecule has 0 bridgehead atoms. The van der Waals surface area contributed by atoms with Crippen LogP contribution in [0.1, 0.15) is 30.6 Å². The lowest BCUT2D eigenvalue weighted by atomic mass is 10.1. The highest BCUT2D eigenvalue weighted by Gasteiger charge is 2.13. The predicted octanol–water partition coefficient (Wildman–Crippen LogP) is 3.58. The lowest BCUT2D eigenvalue weighted by Gasteiger charge is -2.15. The zero-order valence-corrected chi connectivity index (χ0v) is 11.7. The van der Waals surface area contributed by atoms with E-state index in [-0.39, 0.29) is 17.3 Å². The summed E-state index contributed by atoms with van der Waals surface area (Å²) in [6.45, 7) is 3.87. The first kappa shape index (κ1) is 13.5. The van der Waals surface area contributed by atoms with Crippen molar-refractivity contribution in [2.75, 3.05) is 0 Å². The summed E-state index contributed by atoms with van der Waals surface area (Å²) in [4.78, 5) is 11.9. The van der Waals surface area contributed by atoms with Crippen LogP contribution in [0, 0.1) is 0 Å². The van der Waals surface area contributed by atoms with Crippen LogP contribution in [0.25, 0.3) is 0 Å². The maximum absolute atomic E-state index is 11.9. The number of rotatable bonds is 4. The zero-order valence-electron chi connectivity index (χ0n) is 9.34. The SMILES string of the molecule is CC(Cl)CC(C)NC(=O)c1ccccc1Br. The summed E-state index contributed by atoms with van der Waals surface area (Å²) in [5, 5.41) is 2.98. The summed E-state index contributed by atoms with van der Waals surface area (Å²) in [7, 11) is 0. The Bertz CT molecular complexity index is 368. The van der Waals surface area contributed by atoms with Crippen molar-refractivity contribution in [2.24, 2.45) is 0 Å². The molecule has 1 aromatic carbocycles. The molecule has 0 heterocycles. The van der Waals surface area contributed by atoms with E-state index >= 15 is 0 Å². The van der Waals surface area contributed by atoms with E-state index in [4.69, 9.17) is 11.6 Å². The Morgan fingerprint density at radius 1 is 1.44 bits per heavy atom. The van der Waals surface area contributed by atoms with Gasteiger partial charge in [-0.1, -0.05) is 12.1 Å². The summed E-state index contributed by atoms with van der Waals surface area (Å²) in [6.07, 6.45) is 0.762. The van der Waals surface area contributed by atoms with E-state index in [2.05, 4.69) is 21.2 Å². The third-order valence-corrected chi connectivity index (χ3v) is 3.04. The van der Waals surface area contributed by atoms with Gasteiger partial charge in [0, 0.05) is 15.9 Å². The number of hydrogen-bond acceptors (Lipinski definition) is 1. The molecule has 0 radical (unpaired) electrons. The lowest BCUT2D eigenvalue weighted by molar-refractivity contribution is 0.0938. The molecule has 0 aliphatic carbocycles. The summed E-state index contributed by atoms with van der Waals surface area (Å²) in [5.41, 5.74) is 0.650. The van der Waals surface area contributed by atoms with Gasteiger partial charge in [0.1, 0.15) is 0 Å². The number of nitrogens with one attached hydrogen (secondary N) is 1. The summed E-state index contributed by atoms with van der Waals surface area (Å²) >= 11 is 9.22. The normalized spacial score (nSPS) is 14.2. The molecule has 0 aliphatic heterocycles. The zero-order chi connectivity index (χ0) is 12.1. The van der Waals surface area contributed by atoms with Gasteiger partial charge in [0.25, 0.3) is 5.91 Å². The highest BCUT2D eigenvalue weighted by Crippen LogP contribution is 2.16. The number of carbonyl (C=O) groups is 1. The van der Waals surface area contributed by atoms with Crippen molar-refractivity contribution in [1.29, 1.82) is 0 Å². The minimum absolute atomic E-state index is 0.0644. The van der Waals surface area contributed by atoms with Gasteiger partial charge in [-0.2, -0.15) is 0 Å². The standard InChI is InChI=1S/C12H15BrClNO/c1-8(14)7-9(2)15-12(16)10-5-3-4-6-11(10)13/h3-6,8-9H,7H2,1-2H3,(H,15,16). The topological polar surface area (TPSA) is 29.1 Å². The van der Waals surface area contributed by atoms with Crippen LogP contribution in [0.4, 0.5) is 0 Å². The Morgan fingerprint density at radius 3 is 2.62 bits per heavy atom. The summed E-state index contributed by atoms with van der Waals surface area (Å²) < 4.78 is 0.804.